The van der Waals surface area contributed by atoms with Gasteiger partial charge in [-0.25, -0.2) is 4.39 Å². The predicted molar refractivity (Wildman–Crippen MR) is 62.6 cm³/mol. The van der Waals surface area contributed by atoms with Gasteiger partial charge in [0.15, 0.2) is 0 Å². The molecule has 0 bridgehead atoms. The van der Waals surface area contributed by atoms with E-state index < -0.39 is 0 Å². The number of rotatable bonds is 6. The fraction of sp³-hybridized carbons (Fsp3) is 0.615. The first-order valence-corrected chi connectivity index (χ1v) is 6.14. The summed E-state index contributed by atoms with van der Waals surface area (Å²) in [6.07, 6.45) is 6.34. The summed E-state index contributed by atoms with van der Waals surface area (Å²) in [6.45, 7) is 3.17. The highest BCUT2D eigenvalue weighted by molar-refractivity contribution is 5.09. The van der Waals surface area contributed by atoms with Gasteiger partial charge in [-0.3, -0.25) is 4.98 Å². The molecule has 0 aliphatic heterocycles. The van der Waals surface area contributed by atoms with Crippen molar-refractivity contribution in [1.29, 1.82) is 0 Å². The van der Waals surface area contributed by atoms with Gasteiger partial charge in [0.05, 0.1) is 11.9 Å². The van der Waals surface area contributed by atoms with Crippen LogP contribution >= 0.6 is 0 Å². The van der Waals surface area contributed by atoms with E-state index >= 15 is 0 Å². The molecule has 0 radical (unpaired) electrons. The van der Waals surface area contributed by atoms with Gasteiger partial charge in [0.25, 0.3) is 0 Å². The maximum absolute atomic E-state index is 12.7. The van der Waals surface area contributed by atoms with E-state index in [0.717, 1.165) is 24.6 Å². The van der Waals surface area contributed by atoms with E-state index in [9.17, 15) is 4.39 Å². The van der Waals surface area contributed by atoms with Crippen molar-refractivity contribution in [2.75, 3.05) is 6.54 Å². The third kappa shape index (κ3) is 3.27. The summed E-state index contributed by atoms with van der Waals surface area (Å²) in [5.74, 6) is 0.683. The van der Waals surface area contributed by atoms with Crippen LogP contribution in [0.3, 0.4) is 0 Å². The third-order valence-electron chi connectivity index (χ3n) is 3.16. The minimum absolute atomic E-state index is 0.263. The lowest BCUT2D eigenvalue weighted by molar-refractivity contribution is 0.486. The van der Waals surface area contributed by atoms with Crippen molar-refractivity contribution in [1.82, 2.24) is 10.3 Å². The average Bonchev–Trinajstić information content (AvgIpc) is 3.10. The monoisotopic (exact) mass is 222 g/mol. The molecule has 3 heteroatoms. The van der Waals surface area contributed by atoms with Crippen LogP contribution in [0.4, 0.5) is 4.39 Å². The van der Waals surface area contributed by atoms with Crippen molar-refractivity contribution in [2.45, 2.75) is 38.6 Å². The Morgan fingerprint density at radius 3 is 2.88 bits per heavy atom. The number of hydrogen-bond donors (Lipinski definition) is 1. The second kappa shape index (κ2) is 5.39. The molecule has 1 aromatic rings. The molecule has 2 nitrogen and oxygen atoms in total. The van der Waals surface area contributed by atoms with Crippen molar-refractivity contribution in [3.63, 3.8) is 0 Å². The summed E-state index contributed by atoms with van der Waals surface area (Å²) in [5, 5.41) is 3.49. The molecule has 0 spiro atoms. The van der Waals surface area contributed by atoms with Gasteiger partial charge in [-0.05, 0) is 37.4 Å². The molecule has 88 valence electrons. The third-order valence-corrected chi connectivity index (χ3v) is 3.16. The van der Waals surface area contributed by atoms with Crippen LogP contribution in [-0.2, 0) is 0 Å². The lowest BCUT2D eigenvalue weighted by Gasteiger charge is -2.16. The summed E-state index contributed by atoms with van der Waals surface area (Å²) in [6, 6.07) is 3.51. The Morgan fingerprint density at radius 2 is 2.31 bits per heavy atom. The highest BCUT2D eigenvalue weighted by Crippen LogP contribution is 2.32. The molecular formula is C13H19FN2. The minimum atomic E-state index is -0.267. The summed E-state index contributed by atoms with van der Waals surface area (Å²) >= 11 is 0. The zero-order valence-corrected chi connectivity index (χ0v) is 9.75. The Kier molecular flexibility index (Phi) is 3.88. The van der Waals surface area contributed by atoms with Gasteiger partial charge in [0, 0.05) is 6.04 Å². The highest BCUT2D eigenvalue weighted by atomic mass is 19.1. The van der Waals surface area contributed by atoms with E-state index in [-0.39, 0.29) is 11.9 Å². The van der Waals surface area contributed by atoms with Gasteiger partial charge in [-0.2, -0.15) is 0 Å². The fourth-order valence-electron chi connectivity index (χ4n) is 1.92. The van der Waals surface area contributed by atoms with Gasteiger partial charge in [-0.1, -0.05) is 19.8 Å². The predicted octanol–water partition coefficient (Wildman–Crippen LogP) is 3.06. The Labute approximate surface area is 96.3 Å². The Hall–Kier alpha value is -0.960. The molecule has 1 aliphatic rings. The molecule has 1 saturated carbocycles. The average molecular weight is 222 g/mol. The quantitative estimate of drug-likeness (QED) is 0.800. The largest absolute Gasteiger partial charge is 0.309 e. The Morgan fingerprint density at radius 1 is 1.50 bits per heavy atom. The van der Waals surface area contributed by atoms with Gasteiger partial charge < -0.3 is 5.32 Å². The smallest absolute Gasteiger partial charge is 0.141 e. The first-order valence-electron chi connectivity index (χ1n) is 6.14. The van der Waals surface area contributed by atoms with Crippen molar-refractivity contribution < 1.29 is 4.39 Å². The fourth-order valence-corrected chi connectivity index (χ4v) is 1.92. The molecule has 1 unspecified atom stereocenters. The van der Waals surface area contributed by atoms with Gasteiger partial charge in [-0.15, -0.1) is 0 Å². The van der Waals surface area contributed by atoms with Gasteiger partial charge in [0.2, 0.25) is 0 Å². The van der Waals surface area contributed by atoms with Crippen LogP contribution in [0, 0.1) is 11.7 Å². The van der Waals surface area contributed by atoms with E-state index in [1.165, 1.54) is 31.5 Å². The highest BCUT2D eigenvalue weighted by Gasteiger charge is 2.21. The zero-order chi connectivity index (χ0) is 11.4. The Balaban J connectivity index is 1.84. The number of nitrogens with one attached hydrogen (secondary N) is 1. The van der Waals surface area contributed by atoms with Crippen LogP contribution in [-0.4, -0.2) is 11.5 Å². The van der Waals surface area contributed by atoms with Crippen molar-refractivity contribution in [3.8, 4) is 0 Å². The van der Waals surface area contributed by atoms with Gasteiger partial charge >= 0.3 is 0 Å². The summed E-state index contributed by atoms with van der Waals surface area (Å²) < 4.78 is 12.7. The SMILES string of the molecule is CCC(NCCC1CC1)c1ccc(F)cn1. The summed E-state index contributed by atoms with van der Waals surface area (Å²) in [4.78, 5) is 4.13. The Bertz CT molecular complexity index is 319. The van der Waals surface area contributed by atoms with Crippen molar-refractivity contribution in [2.24, 2.45) is 5.92 Å². The molecule has 1 aromatic heterocycles. The van der Waals surface area contributed by atoms with E-state index in [1.54, 1.807) is 6.07 Å². The number of halogens is 1. The van der Waals surface area contributed by atoms with E-state index in [1.807, 2.05) is 0 Å². The molecular weight excluding hydrogens is 203 g/mol. The van der Waals surface area contributed by atoms with Crippen LogP contribution in [0.1, 0.15) is 44.3 Å². The standard InChI is InChI=1S/C13H19FN2/c1-2-12(15-8-7-10-3-4-10)13-6-5-11(14)9-16-13/h5-6,9-10,12,15H,2-4,7-8H2,1H3. The second-order valence-electron chi connectivity index (χ2n) is 4.55. The normalized spacial score (nSPS) is 17.4. The zero-order valence-electron chi connectivity index (χ0n) is 9.75. The molecule has 1 heterocycles. The number of hydrogen-bond acceptors (Lipinski definition) is 2. The molecule has 1 N–H and O–H groups in total. The maximum Gasteiger partial charge on any atom is 0.141 e. The van der Waals surface area contributed by atoms with Crippen molar-refractivity contribution in [3.05, 3.63) is 29.8 Å². The van der Waals surface area contributed by atoms with Crippen LogP contribution in [0.15, 0.2) is 18.3 Å². The van der Waals surface area contributed by atoms with Crippen LogP contribution in [0.25, 0.3) is 0 Å². The van der Waals surface area contributed by atoms with E-state index in [0.29, 0.717) is 0 Å². The molecule has 1 atom stereocenters. The summed E-state index contributed by atoms with van der Waals surface area (Å²) in [7, 11) is 0. The summed E-state index contributed by atoms with van der Waals surface area (Å²) in [5.41, 5.74) is 0.944. The number of nitrogens with zero attached hydrogens (tertiary/aromatic N) is 1. The van der Waals surface area contributed by atoms with E-state index in [4.69, 9.17) is 0 Å². The molecule has 0 saturated heterocycles. The minimum Gasteiger partial charge on any atom is -0.309 e. The lowest BCUT2D eigenvalue weighted by atomic mass is 10.1. The van der Waals surface area contributed by atoms with Gasteiger partial charge in [0.1, 0.15) is 5.82 Å². The first kappa shape index (κ1) is 11.5. The maximum atomic E-state index is 12.7. The van der Waals surface area contributed by atoms with E-state index in [2.05, 4.69) is 17.2 Å². The second-order valence-corrected chi connectivity index (χ2v) is 4.55. The molecule has 2 rings (SSSR count). The van der Waals surface area contributed by atoms with Crippen LogP contribution in [0.5, 0.6) is 0 Å². The van der Waals surface area contributed by atoms with Crippen LogP contribution < -0.4 is 5.32 Å². The number of aromatic nitrogens is 1. The van der Waals surface area contributed by atoms with Crippen molar-refractivity contribution >= 4 is 0 Å². The molecule has 1 aliphatic carbocycles. The first-order chi connectivity index (χ1) is 7.79. The number of pyridine rings is 1. The molecule has 16 heavy (non-hydrogen) atoms. The topological polar surface area (TPSA) is 24.9 Å². The lowest BCUT2D eigenvalue weighted by Crippen LogP contribution is -2.23. The molecule has 0 aromatic carbocycles. The molecule has 1 fully saturated rings. The van der Waals surface area contributed by atoms with Crippen LogP contribution in [0.2, 0.25) is 0 Å². The molecule has 0 amide bonds.